The molecular formula is C22H20BrFN2. The van der Waals surface area contributed by atoms with E-state index in [0.717, 1.165) is 26.9 Å². The second kappa shape index (κ2) is 6.74. The number of nitriles is 1. The normalized spacial score (nSPS) is 16.0. The summed E-state index contributed by atoms with van der Waals surface area (Å²) < 4.78 is 15.7. The van der Waals surface area contributed by atoms with Crippen LogP contribution in [0.1, 0.15) is 37.5 Å². The van der Waals surface area contributed by atoms with Crippen LogP contribution in [0, 0.1) is 17.1 Å². The van der Waals surface area contributed by atoms with Gasteiger partial charge in [0.15, 0.2) is 0 Å². The van der Waals surface area contributed by atoms with Crippen molar-refractivity contribution >= 4 is 38.8 Å². The standard InChI is InChI=1S/C22H20BrFN2/c1-14-12-22(2,3)26(4)21-11-20(24)16(10-19(14)21)8-17(13-25)15-6-5-7-18(23)9-15/h5-12H,1-4H3/b17-8+. The zero-order valence-corrected chi connectivity index (χ0v) is 16.9. The first-order valence-corrected chi connectivity index (χ1v) is 9.17. The fraction of sp³-hybridized carbons (Fsp3) is 0.227. The Morgan fingerprint density at radius 3 is 2.65 bits per heavy atom. The molecule has 0 amide bonds. The number of halogens is 2. The van der Waals surface area contributed by atoms with E-state index in [1.165, 1.54) is 0 Å². The Kier molecular flexibility index (Phi) is 4.77. The Bertz CT molecular complexity index is 980. The average molecular weight is 411 g/mol. The Morgan fingerprint density at radius 2 is 2.00 bits per heavy atom. The van der Waals surface area contributed by atoms with Crippen molar-refractivity contribution < 1.29 is 4.39 Å². The predicted molar refractivity (Wildman–Crippen MR) is 110 cm³/mol. The van der Waals surface area contributed by atoms with Gasteiger partial charge in [0, 0.05) is 28.3 Å². The fourth-order valence-corrected chi connectivity index (χ4v) is 3.69. The first-order valence-electron chi connectivity index (χ1n) is 8.38. The lowest BCUT2D eigenvalue weighted by atomic mass is 9.88. The number of benzene rings is 2. The summed E-state index contributed by atoms with van der Waals surface area (Å²) in [4.78, 5) is 2.07. The number of hydrogen-bond acceptors (Lipinski definition) is 2. The molecule has 0 bridgehead atoms. The Labute approximate surface area is 162 Å². The summed E-state index contributed by atoms with van der Waals surface area (Å²) in [7, 11) is 1.97. The largest absolute Gasteiger partial charge is 0.365 e. The van der Waals surface area contributed by atoms with Gasteiger partial charge in [0.1, 0.15) is 5.82 Å². The minimum Gasteiger partial charge on any atom is -0.365 e. The molecule has 0 spiro atoms. The highest BCUT2D eigenvalue weighted by atomic mass is 79.9. The molecule has 0 aromatic heterocycles. The summed E-state index contributed by atoms with van der Waals surface area (Å²) in [5.74, 6) is -0.330. The average Bonchev–Trinajstić information content (AvgIpc) is 2.58. The number of fused-ring (bicyclic) bond motifs is 1. The summed E-state index contributed by atoms with van der Waals surface area (Å²) in [6.07, 6.45) is 3.80. The van der Waals surface area contributed by atoms with Crippen LogP contribution in [0.3, 0.4) is 0 Å². The topological polar surface area (TPSA) is 27.0 Å². The van der Waals surface area contributed by atoms with E-state index in [0.29, 0.717) is 11.1 Å². The number of hydrogen-bond donors (Lipinski definition) is 0. The molecule has 0 unspecified atom stereocenters. The van der Waals surface area contributed by atoms with E-state index in [1.807, 2.05) is 44.3 Å². The van der Waals surface area contributed by atoms with Gasteiger partial charge in [-0.2, -0.15) is 5.26 Å². The van der Waals surface area contributed by atoms with Crippen LogP contribution in [-0.2, 0) is 0 Å². The van der Waals surface area contributed by atoms with Gasteiger partial charge in [0.05, 0.1) is 17.2 Å². The van der Waals surface area contributed by atoms with Crippen molar-refractivity contribution in [1.29, 1.82) is 5.26 Å². The van der Waals surface area contributed by atoms with E-state index >= 15 is 0 Å². The molecule has 132 valence electrons. The van der Waals surface area contributed by atoms with Gasteiger partial charge >= 0.3 is 0 Å². The third-order valence-corrected chi connectivity index (χ3v) is 5.38. The molecular weight excluding hydrogens is 391 g/mol. The smallest absolute Gasteiger partial charge is 0.132 e. The molecule has 1 aliphatic rings. The molecule has 0 fully saturated rings. The van der Waals surface area contributed by atoms with Gasteiger partial charge < -0.3 is 4.90 Å². The van der Waals surface area contributed by atoms with Gasteiger partial charge in [-0.25, -0.2) is 4.39 Å². The minimum atomic E-state index is -0.330. The molecule has 2 aromatic carbocycles. The second-order valence-corrected chi connectivity index (χ2v) is 8.03. The van der Waals surface area contributed by atoms with Crippen molar-refractivity contribution in [1.82, 2.24) is 0 Å². The number of allylic oxidation sites excluding steroid dienone is 2. The van der Waals surface area contributed by atoms with Crippen LogP contribution in [-0.4, -0.2) is 12.6 Å². The lowest BCUT2D eigenvalue weighted by Gasteiger charge is -2.40. The van der Waals surface area contributed by atoms with Gasteiger partial charge in [-0.05, 0) is 62.2 Å². The van der Waals surface area contributed by atoms with E-state index in [4.69, 9.17) is 0 Å². The van der Waals surface area contributed by atoms with Crippen LogP contribution in [0.4, 0.5) is 10.1 Å². The first-order chi connectivity index (χ1) is 12.2. The highest BCUT2D eigenvalue weighted by Gasteiger charge is 2.29. The van der Waals surface area contributed by atoms with Gasteiger partial charge in [-0.3, -0.25) is 0 Å². The number of rotatable bonds is 2. The van der Waals surface area contributed by atoms with Crippen molar-refractivity contribution in [2.75, 3.05) is 11.9 Å². The van der Waals surface area contributed by atoms with Crippen LogP contribution in [0.2, 0.25) is 0 Å². The Balaban J connectivity index is 2.13. The summed E-state index contributed by atoms with van der Waals surface area (Å²) in [6, 6.07) is 13.0. The zero-order valence-electron chi connectivity index (χ0n) is 15.3. The SMILES string of the molecule is CC1=CC(C)(C)N(C)c2cc(F)c(/C=C(\C#N)c3cccc(Br)c3)cc21. The molecule has 4 heteroatoms. The van der Waals surface area contributed by atoms with Gasteiger partial charge in [0.2, 0.25) is 0 Å². The molecule has 2 nitrogen and oxygen atoms in total. The van der Waals surface area contributed by atoms with Crippen molar-refractivity contribution in [3.63, 3.8) is 0 Å². The summed E-state index contributed by atoms with van der Waals surface area (Å²) in [6.45, 7) is 6.25. The molecule has 2 aromatic rings. The monoisotopic (exact) mass is 410 g/mol. The summed E-state index contributed by atoms with van der Waals surface area (Å²) in [5, 5.41) is 9.55. The maximum absolute atomic E-state index is 14.8. The molecule has 0 saturated heterocycles. The highest BCUT2D eigenvalue weighted by Crippen LogP contribution is 2.39. The van der Waals surface area contributed by atoms with Crippen molar-refractivity contribution in [3.05, 3.63) is 69.5 Å². The number of nitrogens with zero attached hydrogens (tertiary/aromatic N) is 2. The fourth-order valence-electron chi connectivity index (χ4n) is 3.29. The van der Waals surface area contributed by atoms with Crippen LogP contribution in [0.15, 0.2) is 46.9 Å². The number of likely N-dealkylation sites (N-methyl/N-ethyl adjacent to an activating group) is 1. The van der Waals surface area contributed by atoms with E-state index in [2.05, 4.69) is 46.8 Å². The molecule has 0 saturated carbocycles. The van der Waals surface area contributed by atoms with Crippen LogP contribution >= 0.6 is 15.9 Å². The Morgan fingerprint density at radius 1 is 1.27 bits per heavy atom. The molecule has 0 N–H and O–H groups in total. The second-order valence-electron chi connectivity index (χ2n) is 7.11. The van der Waals surface area contributed by atoms with Gasteiger partial charge in [-0.15, -0.1) is 0 Å². The quantitative estimate of drug-likeness (QED) is 0.429. The van der Waals surface area contributed by atoms with Crippen LogP contribution in [0.25, 0.3) is 17.2 Å². The highest BCUT2D eigenvalue weighted by molar-refractivity contribution is 9.10. The van der Waals surface area contributed by atoms with Gasteiger partial charge in [0.25, 0.3) is 0 Å². The third-order valence-electron chi connectivity index (χ3n) is 4.89. The zero-order chi connectivity index (χ0) is 19.1. The van der Waals surface area contributed by atoms with Gasteiger partial charge in [-0.1, -0.05) is 34.1 Å². The lowest BCUT2D eigenvalue weighted by Crippen LogP contribution is -2.42. The summed E-state index contributed by atoms with van der Waals surface area (Å²) in [5.41, 5.74) is 4.40. The predicted octanol–water partition coefficient (Wildman–Crippen LogP) is 6.28. The van der Waals surface area contributed by atoms with Crippen LogP contribution < -0.4 is 4.90 Å². The Hall–Kier alpha value is -2.38. The molecule has 0 aliphatic carbocycles. The van der Waals surface area contributed by atoms with E-state index < -0.39 is 0 Å². The molecule has 3 rings (SSSR count). The van der Waals surface area contributed by atoms with Crippen molar-refractivity contribution in [2.45, 2.75) is 26.3 Å². The molecule has 1 heterocycles. The minimum absolute atomic E-state index is 0.172. The molecule has 0 atom stereocenters. The maximum Gasteiger partial charge on any atom is 0.132 e. The first kappa shape index (κ1) is 18.4. The van der Waals surface area contributed by atoms with E-state index in [9.17, 15) is 9.65 Å². The third kappa shape index (κ3) is 3.32. The molecule has 0 radical (unpaired) electrons. The van der Waals surface area contributed by atoms with Crippen molar-refractivity contribution in [3.8, 4) is 6.07 Å². The maximum atomic E-state index is 14.8. The lowest BCUT2D eigenvalue weighted by molar-refractivity contribution is 0.588. The van der Waals surface area contributed by atoms with Crippen molar-refractivity contribution in [2.24, 2.45) is 0 Å². The molecule has 26 heavy (non-hydrogen) atoms. The van der Waals surface area contributed by atoms with E-state index in [1.54, 1.807) is 12.1 Å². The number of anilines is 1. The van der Waals surface area contributed by atoms with Crippen LogP contribution in [0.5, 0.6) is 0 Å². The van der Waals surface area contributed by atoms with E-state index in [-0.39, 0.29) is 11.4 Å². The summed E-state index contributed by atoms with van der Waals surface area (Å²) >= 11 is 3.41. The molecule has 1 aliphatic heterocycles.